The number of hydrogen-bond acceptors (Lipinski definition) is 3. The van der Waals surface area contributed by atoms with Gasteiger partial charge in [0.15, 0.2) is 5.17 Å². The van der Waals surface area contributed by atoms with E-state index in [2.05, 4.69) is 29.4 Å². The van der Waals surface area contributed by atoms with Crippen molar-refractivity contribution in [2.24, 2.45) is 4.99 Å². The van der Waals surface area contributed by atoms with Crippen LogP contribution < -0.4 is 5.32 Å². The topological polar surface area (TPSA) is 24.4 Å². The van der Waals surface area contributed by atoms with E-state index in [4.69, 9.17) is 0 Å². The molecule has 1 heterocycles. The normalized spacial score (nSPS) is 20.9. The van der Waals surface area contributed by atoms with Gasteiger partial charge in [-0.15, -0.1) is 0 Å². The van der Waals surface area contributed by atoms with E-state index < -0.39 is 0 Å². The van der Waals surface area contributed by atoms with Crippen molar-refractivity contribution in [2.45, 2.75) is 25.8 Å². The van der Waals surface area contributed by atoms with Crippen LogP contribution in [0.2, 0.25) is 0 Å². The average Bonchev–Trinajstić information content (AvgIpc) is 2.31. The molecule has 0 saturated heterocycles. The monoisotopic (exact) mass is 220 g/mol. The van der Waals surface area contributed by atoms with Gasteiger partial charge < -0.3 is 5.32 Å². The number of amidine groups is 1. The lowest BCUT2D eigenvalue weighted by Crippen LogP contribution is -2.19. The first-order chi connectivity index (χ1) is 7.38. The van der Waals surface area contributed by atoms with E-state index in [0.717, 1.165) is 17.3 Å². The molecule has 0 aromatic heterocycles. The fraction of sp³-hybridized carbons (Fsp3) is 0.417. The first kappa shape index (κ1) is 10.6. The van der Waals surface area contributed by atoms with Gasteiger partial charge in [0.2, 0.25) is 0 Å². The van der Waals surface area contributed by atoms with Crippen LogP contribution in [0.15, 0.2) is 35.3 Å². The van der Waals surface area contributed by atoms with E-state index in [9.17, 15) is 0 Å². The number of nitrogens with one attached hydrogen (secondary N) is 1. The van der Waals surface area contributed by atoms with Gasteiger partial charge in [0.05, 0.1) is 6.04 Å². The molecule has 0 fully saturated rings. The third-order valence-electron chi connectivity index (χ3n) is 2.49. The minimum absolute atomic E-state index is 0.512. The van der Waals surface area contributed by atoms with Gasteiger partial charge in [0.25, 0.3) is 0 Å². The van der Waals surface area contributed by atoms with Crippen LogP contribution in [0.1, 0.15) is 19.8 Å². The zero-order valence-corrected chi connectivity index (χ0v) is 9.76. The lowest BCUT2D eigenvalue weighted by molar-refractivity contribution is 0.634. The van der Waals surface area contributed by atoms with Gasteiger partial charge in [0, 0.05) is 11.4 Å². The van der Waals surface area contributed by atoms with E-state index in [1.807, 2.05) is 30.0 Å². The number of para-hydroxylation sites is 1. The number of rotatable bonds is 2. The lowest BCUT2D eigenvalue weighted by atomic mass is 10.2. The molecule has 2 nitrogen and oxygen atoms in total. The highest BCUT2D eigenvalue weighted by molar-refractivity contribution is 8.14. The Morgan fingerprint density at radius 1 is 1.40 bits per heavy atom. The van der Waals surface area contributed by atoms with Crippen LogP contribution in [0, 0.1) is 0 Å². The molecular weight excluding hydrogens is 204 g/mol. The number of aliphatic imine (C=N–C) groups is 1. The van der Waals surface area contributed by atoms with Gasteiger partial charge in [-0.3, -0.25) is 4.99 Å². The van der Waals surface area contributed by atoms with Crippen LogP contribution in [0.25, 0.3) is 0 Å². The predicted octanol–water partition coefficient (Wildman–Crippen LogP) is 3.37. The molecule has 1 aromatic rings. The van der Waals surface area contributed by atoms with Crippen molar-refractivity contribution in [3.05, 3.63) is 30.3 Å². The van der Waals surface area contributed by atoms with E-state index >= 15 is 0 Å². The second-order valence-electron chi connectivity index (χ2n) is 3.62. The van der Waals surface area contributed by atoms with Crippen LogP contribution in [-0.4, -0.2) is 17.0 Å². The molecule has 3 heteroatoms. The Hall–Kier alpha value is -0.960. The molecule has 1 atom stereocenters. The lowest BCUT2D eigenvalue weighted by Gasteiger charge is -2.19. The second kappa shape index (κ2) is 5.21. The zero-order valence-electron chi connectivity index (χ0n) is 8.94. The van der Waals surface area contributed by atoms with Crippen molar-refractivity contribution in [1.29, 1.82) is 0 Å². The fourth-order valence-corrected chi connectivity index (χ4v) is 2.56. The minimum Gasteiger partial charge on any atom is -0.335 e. The maximum Gasteiger partial charge on any atom is 0.161 e. The van der Waals surface area contributed by atoms with Crippen molar-refractivity contribution >= 4 is 22.6 Å². The van der Waals surface area contributed by atoms with Gasteiger partial charge in [-0.25, -0.2) is 0 Å². The molecular formula is C12H16N2S. The van der Waals surface area contributed by atoms with Crippen molar-refractivity contribution in [2.75, 3.05) is 11.1 Å². The van der Waals surface area contributed by atoms with E-state index in [0.29, 0.717) is 6.04 Å². The molecule has 1 N–H and O–H groups in total. The summed E-state index contributed by atoms with van der Waals surface area (Å²) in [6.45, 7) is 2.20. The average molecular weight is 220 g/mol. The summed E-state index contributed by atoms with van der Waals surface area (Å²) < 4.78 is 0. The molecule has 15 heavy (non-hydrogen) atoms. The molecule has 0 aliphatic carbocycles. The van der Waals surface area contributed by atoms with E-state index in [1.165, 1.54) is 12.2 Å². The Morgan fingerprint density at radius 3 is 2.93 bits per heavy atom. The first-order valence-electron chi connectivity index (χ1n) is 5.41. The van der Waals surface area contributed by atoms with Gasteiger partial charge in [-0.05, 0) is 25.0 Å². The predicted molar refractivity (Wildman–Crippen MR) is 68.7 cm³/mol. The maximum atomic E-state index is 4.66. The highest BCUT2D eigenvalue weighted by atomic mass is 32.2. The summed E-state index contributed by atoms with van der Waals surface area (Å²) in [5.74, 6) is 1.18. The number of benzene rings is 1. The molecule has 0 radical (unpaired) electrons. The van der Waals surface area contributed by atoms with Gasteiger partial charge in [-0.1, -0.05) is 36.9 Å². The third-order valence-corrected chi connectivity index (χ3v) is 3.41. The highest BCUT2D eigenvalue weighted by Crippen LogP contribution is 2.20. The quantitative estimate of drug-likeness (QED) is 0.826. The molecule has 1 aromatic carbocycles. The fourth-order valence-electron chi connectivity index (χ4n) is 1.57. The second-order valence-corrected chi connectivity index (χ2v) is 4.71. The van der Waals surface area contributed by atoms with E-state index in [-0.39, 0.29) is 0 Å². The Bertz CT molecular complexity index is 335. The molecule has 0 saturated carbocycles. The van der Waals surface area contributed by atoms with E-state index in [1.54, 1.807) is 0 Å². The SMILES string of the molecule is CCC1CCSC(Nc2ccccc2)=N1. The van der Waals surface area contributed by atoms with Crippen LogP contribution >= 0.6 is 11.8 Å². The Balaban J connectivity index is 2.03. The molecule has 80 valence electrons. The van der Waals surface area contributed by atoms with Crippen molar-refractivity contribution in [1.82, 2.24) is 0 Å². The minimum atomic E-state index is 0.512. The van der Waals surface area contributed by atoms with Crippen LogP contribution in [0.4, 0.5) is 5.69 Å². The van der Waals surface area contributed by atoms with Crippen LogP contribution in [-0.2, 0) is 0 Å². The Labute approximate surface area is 95.2 Å². The summed E-state index contributed by atoms with van der Waals surface area (Å²) in [5.41, 5.74) is 1.13. The largest absolute Gasteiger partial charge is 0.335 e. The van der Waals surface area contributed by atoms with Crippen LogP contribution in [0.3, 0.4) is 0 Å². The van der Waals surface area contributed by atoms with Gasteiger partial charge in [-0.2, -0.15) is 0 Å². The summed E-state index contributed by atoms with van der Waals surface area (Å²) in [5, 5.41) is 4.43. The summed E-state index contributed by atoms with van der Waals surface area (Å²) in [6.07, 6.45) is 2.35. The Kier molecular flexibility index (Phi) is 3.67. The standard InChI is InChI=1S/C12H16N2S/c1-2-10-8-9-15-12(13-10)14-11-6-4-3-5-7-11/h3-7,10H,2,8-9H2,1H3,(H,13,14). The Morgan fingerprint density at radius 2 is 2.20 bits per heavy atom. The summed E-state index contributed by atoms with van der Waals surface area (Å²) in [4.78, 5) is 4.66. The van der Waals surface area contributed by atoms with Crippen molar-refractivity contribution < 1.29 is 0 Å². The maximum absolute atomic E-state index is 4.66. The third kappa shape index (κ3) is 2.99. The molecule has 1 aliphatic heterocycles. The summed E-state index contributed by atoms with van der Waals surface area (Å²) >= 11 is 1.82. The summed E-state index contributed by atoms with van der Waals surface area (Å²) in [6, 6.07) is 10.7. The van der Waals surface area contributed by atoms with Gasteiger partial charge >= 0.3 is 0 Å². The molecule has 2 rings (SSSR count). The van der Waals surface area contributed by atoms with Crippen molar-refractivity contribution in [3.8, 4) is 0 Å². The number of nitrogens with zero attached hydrogens (tertiary/aromatic N) is 1. The zero-order chi connectivity index (χ0) is 10.5. The first-order valence-corrected chi connectivity index (χ1v) is 6.39. The smallest absolute Gasteiger partial charge is 0.161 e. The van der Waals surface area contributed by atoms with Gasteiger partial charge in [0.1, 0.15) is 0 Å². The van der Waals surface area contributed by atoms with Crippen LogP contribution in [0.5, 0.6) is 0 Å². The number of thioether (sulfide) groups is 1. The molecule has 0 spiro atoms. The molecule has 1 unspecified atom stereocenters. The summed E-state index contributed by atoms with van der Waals surface area (Å²) in [7, 11) is 0. The van der Waals surface area contributed by atoms with Crippen molar-refractivity contribution in [3.63, 3.8) is 0 Å². The molecule has 0 bridgehead atoms. The number of hydrogen-bond donors (Lipinski definition) is 1. The molecule has 1 aliphatic rings. The highest BCUT2D eigenvalue weighted by Gasteiger charge is 2.13. The number of anilines is 1. The molecule has 0 amide bonds.